The summed E-state index contributed by atoms with van der Waals surface area (Å²) in [5.74, 6) is 0. The summed E-state index contributed by atoms with van der Waals surface area (Å²) in [4.78, 5) is 10.8. The van der Waals surface area contributed by atoms with Crippen molar-refractivity contribution in [2.75, 3.05) is 6.54 Å². The lowest BCUT2D eigenvalue weighted by Crippen LogP contribution is -2.29. The van der Waals surface area contributed by atoms with E-state index in [0.717, 1.165) is 19.3 Å². The molecule has 106 valence electrons. The zero-order valence-electron chi connectivity index (χ0n) is 11.5. The highest BCUT2D eigenvalue weighted by Gasteiger charge is 2.28. The molecule has 1 rings (SSSR count). The lowest BCUT2D eigenvalue weighted by Gasteiger charge is -2.15. The van der Waals surface area contributed by atoms with Gasteiger partial charge in [-0.15, -0.1) is 0 Å². The number of cyclic esters (lactones) is 1. The monoisotopic (exact) mass is 257 g/mol. The molecule has 4 nitrogen and oxygen atoms in total. The smallest absolute Gasteiger partial charge is 0.407 e. The van der Waals surface area contributed by atoms with Gasteiger partial charge in [0.1, 0.15) is 6.10 Å². The van der Waals surface area contributed by atoms with Gasteiger partial charge in [0.05, 0.1) is 12.6 Å². The Kier molecular flexibility index (Phi) is 7.81. The molecule has 1 aliphatic heterocycles. The van der Waals surface area contributed by atoms with Gasteiger partial charge in [-0.05, 0) is 6.42 Å². The number of unbranched alkanes of at least 4 members (excludes halogenated alkanes) is 7. The minimum absolute atomic E-state index is 0.345. The summed E-state index contributed by atoms with van der Waals surface area (Å²) in [6, 6.07) is 0. The second-order valence-corrected chi connectivity index (χ2v) is 5.16. The molecule has 0 aromatic heterocycles. The van der Waals surface area contributed by atoms with E-state index >= 15 is 0 Å². The molecule has 1 saturated heterocycles. The molecular weight excluding hydrogens is 230 g/mol. The molecule has 0 radical (unpaired) electrons. The molecule has 0 bridgehead atoms. The predicted octanol–water partition coefficient (Wildman–Crippen LogP) is 2.99. The second-order valence-electron chi connectivity index (χ2n) is 5.16. The normalized spacial score (nSPS) is 20.6. The van der Waals surface area contributed by atoms with Crippen LogP contribution in [-0.2, 0) is 4.74 Å². The Morgan fingerprint density at radius 3 is 2.39 bits per heavy atom. The molecule has 0 aromatic carbocycles. The van der Waals surface area contributed by atoms with Crippen LogP contribution < -0.4 is 5.32 Å². The summed E-state index contributed by atoms with van der Waals surface area (Å²) in [7, 11) is 0. The van der Waals surface area contributed by atoms with Gasteiger partial charge in [0.25, 0.3) is 0 Å². The van der Waals surface area contributed by atoms with Crippen molar-refractivity contribution in [1.82, 2.24) is 5.32 Å². The third-order valence-electron chi connectivity index (χ3n) is 3.49. The van der Waals surface area contributed by atoms with Crippen molar-refractivity contribution in [1.29, 1.82) is 0 Å². The van der Waals surface area contributed by atoms with Crippen LogP contribution in [0.5, 0.6) is 0 Å². The van der Waals surface area contributed by atoms with E-state index in [4.69, 9.17) is 4.74 Å². The van der Waals surface area contributed by atoms with Crippen molar-refractivity contribution in [2.45, 2.75) is 76.9 Å². The number of ether oxygens (including phenoxy) is 1. The number of hydrogen-bond acceptors (Lipinski definition) is 3. The molecule has 1 fully saturated rings. The van der Waals surface area contributed by atoms with E-state index in [1.165, 1.54) is 38.5 Å². The summed E-state index contributed by atoms with van der Waals surface area (Å²) >= 11 is 0. The van der Waals surface area contributed by atoms with Gasteiger partial charge < -0.3 is 15.2 Å². The minimum atomic E-state index is -0.510. The van der Waals surface area contributed by atoms with Crippen LogP contribution in [0.1, 0.15) is 64.7 Å². The van der Waals surface area contributed by atoms with Crippen molar-refractivity contribution in [3.8, 4) is 0 Å². The van der Waals surface area contributed by atoms with Crippen molar-refractivity contribution in [3.05, 3.63) is 0 Å². The number of carbonyl (C=O) groups excluding carboxylic acids is 1. The first-order valence-corrected chi connectivity index (χ1v) is 7.36. The first-order chi connectivity index (χ1) is 8.74. The van der Waals surface area contributed by atoms with Gasteiger partial charge in [-0.2, -0.15) is 0 Å². The van der Waals surface area contributed by atoms with Crippen LogP contribution in [0, 0.1) is 0 Å². The maximum atomic E-state index is 10.8. The number of rotatable bonds is 10. The maximum Gasteiger partial charge on any atom is 0.407 e. The molecule has 0 unspecified atom stereocenters. The zero-order valence-corrected chi connectivity index (χ0v) is 11.5. The van der Waals surface area contributed by atoms with E-state index in [0.29, 0.717) is 6.54 Å². The largest absolute Gasteiger partial charge is 0.442 e. The van der Waals surface area contributed by atoms with E-state index in [1.54, 1.807) is 0 Å². The lowest BCUT2D eigenvalue weighted by molar-refractivity contribution is 0.0265. The third kappa shape index (κ3) is 6.24. The van der Waals surface area contributed by atoms with Gasteiger partial charge in [0.15, 0.2) is 0 Å². The Hall–Kier alpha value is -0.770. The molecule has 2 N–H and O–H groups in total. The summed E-state index contributed by atoms with van der Waals surface area (Å²) in [5.41, 5.74) is 0. The fourth-order valence-electron chi connectivity index (χ4n) is 2.29. The van der Waals surface area contributed by atoms with Crippen LogP contribution in [0.3, 0.4) is 0 Å². The minimum Gasteiger partial charge on any atom is -0.442 e. The first-order valence-electron chi connectivity index (χ1n) is 7.36. The Morgan fingerprint density at radius 1 is 1.22 bits per heavy atom. The molecule has 1 heterocycles. The van der Waals surface area contributed by atoms with Crippen molar-refractivity contribution in [3.63, 3.8) is 0 Å². The standard InChI is InChI=1S/C14H27NO3/c1-2-3-4-5-6-7-8-9-10-12(16)13-11-15-14(17)18-13/h12-13,16H,2-11H2,1H3,(H,15,17)/t12-,13-/m1/s1. The average Bonchev–Trinajstić information content (AvgIpc) is 2.79. The summed E-state index contributed by atoms with van der Waals surface area (Å²) in [6.45, 7) is 2.67. The number of nitrogens with one attached hydrogen (secondary N) is 1. The number of aliphatic hydroxyl groups excluding tert-OH is 1. The third-order valence-corrected chi connectivity index (χ3v) is 3.49. The molecule has 0 spiro atoms. The number of hydrogen-bond donors (Lipinski definition) is 2. The Bertz CT molecular complexity index is 233. The highest BCUT2D eigenvalue weighted by Crippen LogP contribution is 2.14. The van der Waals surface area contributed by atoms with Gasteiger partial charge in [0, 0.05) is 0 Å². The van der Waals surface area contributed by atoms with E-state index in [2.05, 4.69) is 12.2 Å². The van der Waals surface area contributed by atoms with Crippen molar-refractivity contribution >= 4 is 6.09 Å². The van der Waals surface area contributed by atoms with E-state index in [1.807, 2.05) is 0 Å². The molecule has 2 atom stereocenters. The van der Waals surface area contributed by atoms with Crippen LogP contribution >= 0.6 is 0 Å². The van der Waals surface area contributed by atoms with Gasteiger partial charge in [-0.1, -0.05) is 58.3 Å². The van der Waals surface area contributed by atoms with Gasteiger partial charge in [-0.25, -0.2) is 4.79 Å². The van der Waals surface area contributed by atoms with Gasteiger partial charge in [0.2, 0.25) is 0 Å². The predicted molar refractivity (Wildman–Crippen MR) is 71.5 cm³/mol. The van der Waals surface area contributed by atoms with E-state index in [-0.39, 0.29) is 6.10 Å². The van der Waals surface area contributed by atoms with Gasteiger partial charge >= 0.3 is 6.09 Å². The summed E-state index contributed by atoms with van der Waals surface area (Å²) < 4.78 is 4.95. The summed E-state index contributed by atoms with van der Waals surface area (Å²) in [6.07, 6.45) is 9.52. The summed E-state index contributed by atoms with van der Waals surface area (Å²) in [5, 5.41) is 12.4. The molecule has 1 amide bonds. The van der Waals surface area contributed by atoms with Crippen LogP contribution in [-0.4, -0.2) is 30.0 Å². The highest BCUT2D eigenvalue weighted by atomic mass is 16.6. The zero-order chi connectivity index (χ0) is 13.2. The van der Waals surface area contributed by atoms with Gasteiger partial charge in [-0.3, -0.25) is 0 Å². The van der Waals surface area contributed by atoms with Crippen molar-refractivity contribution < 1.29 is 14.6 Å². The average molecular weight is 257 g/mol. The van der Waals surface area contributed by atoms with Crippen LogP contribution in [0.25, 0.3) is 0 Å². The number of amides is 1. The lowest BCUT2D eigenvalue weighted by atomic mass is 10.0. The second kappa shape index (κ2) is 9.20. The van der Waals surface area contributed by atoms with Crippen LogP contribution in [0.15, 0.2) is 0 Å². The quantitative estimate of drug-likeness (QED) is 0.591. The molecule has 1 aliphatic rings. The Balaban J connectivity index is 1.89. The number of aliphatic hydroxyl groups is 1. The molecule has 4 heteroatoms. The first kappa shape index (κ1) is 15.3. The Labute approximate surface area is 110 Å². The van der Waals surface area contributed by atoms with Crippen LogP contribution in [0.2, 0.25) is 0 Å². The molecule has 0 aliphatic carbocycles. The van der Waals surface area contributed by atoms with E-state index in [9.17, 15) is 9.90 Å². The maximum absolute atomic E-state index is 10.8. The molecule has 0 aromatic rings. The number of carbonyl (C=O) groups is 1. The molecule has 18 heavy (non-hydrogen) atoms. The topological polar surface area (TPSA) is 58.6 Å². The van der Waals surface area contributed by atoms with Crippen molar-refractivity contribution in [2.24, 2.45) is 0 Å². The fourth-order valence-corrected chi connectivity index (χ4v) is 2.29. The highest BCUT2D eigenvalue weighted by molar-refractivity contribution is 5.69. The van der Waals surface area contributed by atoms with Crippen LogP contribution in [0.4, 0.5) is 4.79 Å². The van der Waals surface area contributed by atoms with E-state index < -0.39 is 12.2 Å². The molecule has 0 saturated carbocycles. The number of alkyl carbamates (subject to hydrolysis) is 1. The Morgan fingerprint density at radius 2 is 1.83 bits per heavy atom. The fraction of sp³-hybridized carbons (Fsp3) is 0.929. The molecular formula is C14H27NO3. The SMILES string of the molecule is CCCCCCCCCC[C@@H](O)[C@H]1CNC(=O)O1.